The molecule has 3 N–H and O–H groups in total. The minimum absolute atomic E-state index is 0.0233. The smallest absolute Gasteiger partial charge is 0.224 e. The van der Waals surface area contributed by atoms with Crippen LogP contribution in [-0.2, 0) is 4.79 Å². The summed E-state index contributed by atoms with van der Waals surface area (Å²) in [6, 6.07) is 11.8. The molecule has 0 aliphatic heterocycles. The monoisotopic (exact) mass is 477 g/mol. The fourth-order valence-electron chi connectivity index (χ4n) is 4.30. The molecular weight excluding hydrogens is 454 g/mol. The topological polar surface area (TPSA) is 125 Å². The number of fused-ring (bicyclic) bond motifs is 2. The van der Waals surface area contributed by atoms with Gasteiger partial charge in [-0.05, 0) is 41.8 Å². The second-order valence-corrected chi connectivity index (χ2v) is 9.10. The third kappa shape index (κ3) is 4.00. The Labute approximate surface area is 206 Å². The Bertz CT molecular complexity index is 1700. The Balaban J connectivity index is 1.38. The van der Waals surface area contributed by atoms with Gasteiger partial charge in [0.15, 0.2) is 11.5 Å². The number of aromatic amines is 2. The van der Waals surface area contributed by atoms with E-state index >= 15 is 0 Å². The summed E-state index contributed by atoms with van der Waals surface area (Å²) in [6.07, 6.45) is 8.96. The molecule has 5 heterocycles. The van der Waals surface area contributed by atoms with Gasteiger partial charge in [-0.2, -0.15) is 5.10 Å². The highest BCUT2D eigenvalue weighted by atomic mass is 16.3. The molecule has 0 saturated carbocycles. The van der Waals surface area contributed by atoms with Crippen LogP contribution in [0.15, 0.2) is 71.9 Å². The van der Waals surface area contributed by atoms with E-state index in [1.54, 1.807) is 31.1 Å². The van der Waals surface area contributed by atoms with Crippen molar-refractivity contribution >= 4 is 33.7 Å². The van der Waals surface area contributed by atoms with Crippen LogP contribution >= 0.6 is 0 Å². The number of hydrogen-bond donors (Lipinski definition) is 3. The molecule has 1 amide bonds. The number of hydrogen-bond acceptors (Lipinski definition) is 6. The van der Waals surface area contributed by atoms with Gasteiger partial charge < -0.3 is 14.7 Å². The van der Waals surface area contributed by atoms with E-state index in [1.165, 1.54) is 0 Å². The maximum absolute atomic E-state index is 12.2. The largest absolute Gasteiger partial charge is 0.472 e. The zero-order chi connectivity index (χ0) is 24.6. The summed E-state index contributed by atoms with van der Waals surface area (Å²) in [5.41, 5.74) is 7.39. The molecular formula is C27H23N7O2. The standard InChI is InChI=1S/C27H23N7O2/c1-15(2)9-23(35)30-19-10-18(12-28-13-19)16-3-4-22-21(11-16)25(34-33-22)27-31-24-20(17-6-8-36-14-17)5-7-29-26(24)32-27/h3-8,10-15H,9H2,1-2H3,(H,30,35)(H,33,34)(H,29,31,32). The number of nitrogens with one attached hydrogen (secondary N) is 3. The van der Waals surface area contributed by atoms with Crippen LogP contribution < -0.4 is 5.32 Å². The SMILES string of the molecule is CC(C)CC(=O)Nc1cncc(-c2ccc3[nH]nc(-c4nc5nccc(-c6ccoc6)c5[nH]4)c3c2)c1. The zero-order valence-electron chi connectivity index (χ0n) is 19.7. The molecule has 6 aromatic rings. The molecule has 0 unspecified atom stereocenters. The van der Waals surface area contributed by atoms with Crippen LogP contribution in [0.3, 0.4) is 0 Å². The summed E-state index contributed by atoms with van der Waals surface area (Å²) in [7, 11) is 0. The number of aromatic nitrogens is 6. The van der Waals surface area contributed by atoms with Crippen LogP contribution in [0.5, 0.6) is 0 Å². The highest BCUT2D eigenvalue weighted by molar-refractivity contribution is 5.97. The highest BCUT2D eigenvalue weighted by Crippen LogP contribution is 2.33. The van der Waals surface area contributed by atoms with Crippen molar-refractivity contribution in [2.75, 3.05) is 5.32 Å². The Kier molecular flexibility index (Phi) is 5.29. The van der Waals surface area contributed by atoms with E-state index in [1.807, 2.05) is 50.2 Å². The van der Waals surface area contributed by atoms with Crippen LogP contribution in [-0.4, -0.2) is 36.0 Å². The maximum atomic E-state index is 12.2. The van der Waals surface area contributed by atoms with Crippen molar-refractivity contribution in [2.45, 2.75) is 20.3 Å². The molecule has 1 aromatic carbocycles. The first-order chi connectivity index (χ1) is 17.5. The fraction of sp³-hybridized carbons (Fsp3) is 0.148. The summed E-state index contributed by atoms with van der Waals surface area (Å²) < 4.78 is 5.26. The number of rotatable bonds is 6. The lowest BCUT2D eigenvalue weighted by Gasteiger charge is -2.09. The predicted molar refractivity (Wildman–Crippen MR) is 138 cm³/mol. The molecule has 36 heavy (non-hydrogen) atoms. The van der Waals surface area contributed by atoms with Crippen LogP contribution in [0.2, 0.25) is 0 Å². The number of benzene rings is 1. The van der Waals surface area contributed by atoms with Crippen molar-refractivity contribution < 1.29 is 9.21 Å². The molecule has 9 heteroatoms. The van der Waals surface area contributed by atoms with Gasteiger partial charge in [-0.1, -0.05) is 19.9 Å². The second-order valence-electron chi connectivity index (χ2n) is 9.10. The quantitative estimate of drug-likeness (QED) is 0.278. The third-order valence-electron chi connectivity index (χ3n) is 5.96. The Morgan fingerprint density at radius 1 is 1.08 bits per heavy atom. The first-order valence-electron chi connectivity index (χ1n) is 11.7. The molecule has 5 aromatic heterocycles. The first-order valence-corrected chi connectivity index (χ1v) is 11.7. The van der Waals surface area contributed by atoms with Crippen molar-refractivity contribution in [3.63, 3.8) is 0 Å². The van der Waals surface area contributed by atoms with E-state index in [0.29, 0.717) is 29.3 Å². The lowest BCUT2D eigenvalue weighted by molar-refractivity contribution is -0.116. The van der Waals surface area contributed by atoms with Crippen LogP contribution in [0.1, 0.15) is 20.3 Å². The third-order valence-corrected chi connectivity index (χ3v) is 5.96. The Morgan fingerprint density at radius 2 is 2.00 bits per heavy atom. The number of H-pyrrole nitrogens is 2. The van der Waals surface area contributed by atoms with Crippen LogP contribution in [0.25, 0.3) is 55.8 Å². The summed E-state index contributed by atoms with van der Waals surface area (Å²) in [6.45, 7) is 4.03. The lowest BCUT2D eigenvalue weighted by atomic mass is 10.0. The van der Waals surface area contributed by atoms with Crippen molar-refractivity contribution in [2.24, 2.45) is 5.92 Å². The normalized spacial score (nSPS) is 11.5. The number of furan rings is 1. The van der Waals surface area contributed by atoms with Crippen molar-refractivity contribution in [3.05, 3.63) is 67.5 Å². The molecule has 0 saturated heterocycles. The fourth-order valence-corrected chi connectivity index (χ4v) is 4.30. The number of anilines is 1. The van der Waals surface area contributed by atoms with E-state index in [4.69, 9.17) is 9.40 Å². The Morgan fingerprint density at radius 3 is 2.83 bits per heavy atom. The summed E-state index contributed by atoms with van der Waals surface area (Å²) in [5.74, 6) is 0.877. The zero-order valence-corrected chi connectivity index (χ0v) is 19.7. The summed E-state index contributed by atoms with van der Waals surface area (Å²) in [4.78, 5) is 29.1. The van der Waals surface area contributed by atoms with Gasteiger partial charge in [-0.25, -0.2) is 9.97 Å². The van der Waals surface area contributed by atoms with Gasteiger partial charge in [0.1, 0.15) is 5.69 Å². The molecule has 0 fully saturated rings. The van der Waals surface area contributed by atoms with E-state index in [2.05, 4.69) is 30.5 Å². The van der Waals surface area contributed by atoms with E-state index in [-0.39, 0.29) is 11.8 Å². The number of pyridine rings is 2. The van der Waals surface area contributed by atoms with E-state index in [0.717, 1.165) is 38.7 Å². The van der Waals surface area contributed by atoms with Crippen molar-refractivity contribution in [1.82, 2.24) is 30.1 Å². The molecule has 0 aliphatic carbocycles. The minimum Gasteiger partial charge on any atom is -0.472 e. The molecule has 9 nitrogen and oxygen atoms in total. The first kappa shape index (κ1) is 21.7. The van der Waals surface area contributed by atoms with E-state index < -0.39 is 0 Å². The van der Waals surface area contributed by atoms with Crippen molar-refractivity contribution in [1.29, 1.82) is 0 Å². The number of imidazole rings is 1. The van der Waals surface area contributed by atoms with Gasteiger partial charge >= 0.3 is 0 Å². The summed E-state index contributed by atoms with van der Waals surface area (Å²) in [5, 5.41) is 11.5. The maximum Gasteiger partial charge on any atom is 0.224 e. The molecule has 0 radical (unpaired) electrons. The molecule has 0 bridgehead atoms. The molecule has 6 rings (SSSR count). The van der Waals surface area contributed by atoms with Crippen LogP contribution in [0.4, 0.5) is 5.69 Å². The number of carbonyl (C=O) groups is 1. The minimum atomic E-state index is -0.0233. The van der Waals surface area contributed by atoms with Gasteiger partial charge in [0.2, 0.25) is 5.91 Å². The van der Waals surface area contributed by atoms with Crippen LogP contribution in [0, 0.1) is 5.92 Å². The molecule has 178 valence electrons. The summed E-state index contributed by atoms with van der Waals surface area (Å²) >= 11 is 0. The van der Waals surface area contributed by atoms with Gasteiger partial charge in [0, 0.05) is 40.9 Å². The Hall–Kier alpha value is -4.79. The molecule has 0 atom stereocenters. The van der Waals surface area contributed by atoms with Gasteiger partial charge in [-0.3, -0.25) is 14.9 Å². The number of amides is 1. The van der Waals surface area contributed by atoms with Gasteiger partial charge in [0.05, 0.1) is 35.4 Å². The highest BCUT2D eigenvalue weighted by Gasteiger charge is 2.17. The van der Waals surface area contributed by atoms with Gasteiger partial charge in [0.25, 0.3) is 0 Å². The van der Waals surface area contributed by atoms with Gasteiger partial charge in [-0.15, -0.1) is 0 Å². The lowest BCUT2D eigenvalue weighted by Crippen LogP contribution is -2.13. The second kappa shape index (κ2) is 8.77. The number of carbonyl (C=O) groups excluding carboxylic acids is 1. The van der Waals surface area contributed by atoms with Crippen molar-refractivity contribution in [3.8, 4) is 33.8 Å². The molecule has 0 aliphatic rings. The average Bonchev–Trinajstić information content (AvgIpc) is 3.62. The van der Waals surface area contributed by atoms with E-state index in [9.17, 15) is 4.79 Å². The average molecular weight is 478 g/mol. The number of nitrogens with zero attached hydrogens (tertiary/aromatic N) is 4. The molecule has 0 spiro atoms. The predicted octanol–water partition coefficient (Wildman–Crippen LogP) is 5.81.